The summed E-state index contributed by atoms with van der Waals surface area (Å²) in [5, 5.41) is 8.68. The summed E-state index contributed by atoms with van der Waals surface area (Å²) in [5.41, 5.74) is 6.58. The molecule has 0 aliphatic carbocycles. The summed E-state index contributed by atoms with van der Waals surface area (Å²) in [6.07, 6.45) is 2.53. The SMILES string of the molecule is CC(C)C(N)CCN(C)c1ccc(C#N)cn1. The van der Waals surface area contributed by atoms with Crippen LogP contribution in [0.4, 0.5) is 5.82 Å². The summed E-state index contributed by atoms with van der Waals surface area (Å²) in [6, 6.07) is 5.92. The lowest BCUT2D eigenvalue weighted by atomic mass is 10.0. The van der Waals surface area contributed by atoms with Gasteiger partial charge < -0.3 is 10.6 Å². The molecule has 1 aromatic heterocycles. The number of anilines is 1. The van der Waals surface area contributed by atoms with Crippen molar-refractivity contribution in [1.29, 1.82) is 5.26 Å². The van der Waals surface area contributed by atoms with E-state index in [1.807, 2.05) is 13.1 Å². The summed E-state index contributed by atoms with van der Waals surface area (Å²) >= 11 is 0. The molecule has 0 amide bonds. The van der Waals surface area contributed by atoms with Crippen molar-refractivity contribution in [2.24, 2.45) is 11.7 Å². The van der Waals surface area contributed by atoms with Crippen molar-refractivity contribution >= 4 is 5.82 Å². The van der Waals surface area contributed by atoms with Gasteiger partial charge in [0.2, 0.25) is 0 Å². The first kappa shape index (κ1) is 13.5. The summed E-state index contributed by atoms with van der Waals surface area (Å²) < 4.78 is 0. The van der Waals surface area contributed by atoms with Crippen molar-refractivity contribution in [2.75, 3.05) is 18.5 Å². The number of nitriles is 1. The lowest BCUT2D eigenvalue weighted by Crippen LogP contribution is -2.32. The van der Waals surface area contributed by atoms with Gasteiger partial charge in [-0.2, -0.15) is 5.26 Å². The van der Waals surface area contributed by atoms with E-state index in [0.717, 1.165) is 18.8 Å². The minimum atomic E-state index is 0.218. The smallest absolute Gasteiger partial charge is 0.128 e. The quantitative estimate of drug-likeness (QED) is 0.840. The van der Waals surface area contributed by atoms with Crippen LogP contribution >= 0.6 is 0 Å². The minimum Gasteiger partial charge on any atom is -0.360 e. The summed E-state index contributed by atoms with van der Waals surface area (Å²) in [5.74, 6) is 1.37. The fraction of sp³-hybridized carbons (Fsp3) is 0.538. The molecule has 0 saturated heterocycles. The molecule has 4 heteroatoms. The van der Waals surface area contributed by atoms with Crippen LogP contribution in [0.1, 0.15) is 25.8 Å². The van der Waals surface area contributed by atoms with Gasteiger partial charge in [-0.3, -0.25) is 0 Å². The van der Waals surface area contributed by atoms with E-state index in [1.54, 1.807) is 12.3 Å². The average molecular weight is 232 g/mol. The number of aromatic nitrogens is 1. The molecule has 1 atom stereocenters. The third kappa shape index (κ3) is 4.04. The molecule has 92 valence electrons. The van der Waals surface area contributed by atoms with Crippen molar-refractivity contribution in [3.8, 4) is 6.07 Å². The van der Waals surface area contributed by atoms with Crippen LogP contribution in [0.5, 0.6) is 0 Å². The molecule has 0 aliphatic rings. The lowest BCUT2D eigenvalue weighted by Gasteiger charge is -2.22. The topological polar surface area (TPSA) is 65.9 Å². The predicted octanol–water partition coefficient (Wildman–Crippen LogP) is 1.76. The zero-order valence-corrected chi connectivity index (χ0v) is 10.7. The highest BCUT2D eigenvalue weighted by Gasteiger charge is 2.09. The fourth-order valence-electron chi connectivity index (χ4n) is 1.47. The van der Waals surface area contributed by atoms with Crippen LogP contribution in [-0.4, -0.2) is 24.6 Å². The second-order valence-corrected chi connectivity index (χ2v) is 4.63. The van der Waals surface area contributed by atoms with Gasteiger partial charge in [0.05, 0.1) is 5.56 Å². The van der Waals surface area contributed by atoms with E-state index in [4.69, 9.17) is 11.0 Å². The van der Waals surface area contributed by atoms with Crippen LogP contribution in [0.2, 0.25) is 0 Å². The molecule has 1 aromatic rings. The highest BCUT2D eigenvalue weighted by atomic mass is 15.2. The monoisotopic (exact) mass is 232 g/mol. The van der Waals surface area contributed by atoms with E-state index >= 15 is 0 Å². The van der Waals surface area contributed by atoms with Gasteiger partial charge in [-0.25, -0.2) is 4.98 Å². The number of nitrogens with zero attached hydrogens (tertiary/aromatic N) is 3. The molecule has 1 rings (SSSR count). The number of rotatable bonds is 5. The Morgan fingerprint density at radius 2 is 2.18 bits per heavy atom. The van der Waals surface area contributed by atoms with Crippen LogP contribution < -0.4 is 10.6 Å². The molecule has 0 aromatic carbocycles. The largest absolute Gasteiger partial charge is 0.360 e. The van der Waals surface area contributed by atoms with E-state index < -0.39 is 0 Å². The van der Waals surface area contributed by atoms with Crippen LogP contribution in [-0.2, 0) is 0 Å². The van der Waals surface area contributed by atoms with Gasteiger partial charge in [0.15, 0.2) is 0 Å². The molecule has 0 bridgehead atoms. The highest BCUT2D eigenvalue weighted by Crippen LogP contribution is 2.11. The Kier molecular flexibility index (Phi) is 4.92. The van der Waals surface area contributed by atoms with Crippen molar-refractivity contribution in [3.63, 3.8) is 0 Å². The molecule has 1 unspecified atom stereocenters. The van der Waals surface area contributed by atoms with Gasteiger partial charge in [-0.05, 0) is 24.5 Å². The van der Waals surface area contributed by atoms with Crippen LogP contribution in [0, 0.1) is 17.2 Å². The van der Waals surface area contributed by atoms with Crippen molar-refractivity contribution in [3.05, 3.63) is 23.9 Å². The Balaban J connectivity index is 2.52. The molecule has 0 saturated carbocycles. The normalized spacial score (nSPS) is 12.2. The van der Waals surface area contributed by atoms with Crippen LogP contribution in [0.25, 0.3) is 0 Å². The summed E-state index contributed by atoms with van der Waals surface area (Å²) in [7, 11) is 1.99. The van der Waals surface area contributed by atoms with Gasteiger partial charge in [0, 0.05) is 25.8 Å². The van der Waals surface area contributed by atoms with Crippen molar-refractivity contribution in [1.82, 2.24) is 4.98 Å². The maximum Gasteiger partial charge on any atom is 0.128 e. The highest BCUT2D eigenvalue weighted by molar-refractivity contribution is 5.40. The molecule has 0 radical (unpaired) electrons. The zero-order chi connectivity index (χ0) is 12.8. The van der Waals surface area contributed by atoms with Gasteiger partial charge in [-0.15, -0.1) is 0 Å². The standard InChI is InChI=1S/C13H20N4/c1-10(2)12(15)6-7-17(3)13-5-4-11(8-14)9-16-13/h4-5,9-10,12H,6-7,15H2,1-3H3. The molecule has 0 fully saturated rings. The van der Waals surface area contributed by atoms with Gasteiger partial charge >= 0.3 is 0 Å². The Morgan fingerprint density at radius 3 is 2.65 bits per heavy atom. The Hall–Kier alpha value is -1.60. The second kappa shape index (κ2) is 6.21. The molecule has 0 aliphatic heterocycles. The fourth-order valence-corrected chi connectivity index (χ4v) is 1.47. The molecule has 17 heavy (non-hydrogen) atoms. The van der Waals surface area contributed by atoms with Crippen molar-refractivity contribution < 1.29 is 0 Å². The van der Waals surface area contributed by atoms with E-state index in [0.29, 0.717) is 11.5 Å². The summed E-state index contributed by atoms with van der Waals surface area (Å²) in [6.45, 7) is 5.13. The predicted molar refractivity (Wildman–Crippen MR) is 69.7 cm³/mol. The first-order chi connectivity index (χ1) is 8.04. The maximum absolute atomic E-state index is 8.68. The molecular weight excluding hydrogens is 212 g/mol. The minimum absolute atomic E-state index is 0.218. The second-order valence-electron chi connectivity index (χ2n) is 4.63. The van der Waals surface area contributed by atoms with Crippen LogP contribution in [0.15, 0.2) is 18.3 Å². The zero-order valence-electron chi connectivity index (χ0n) is 10.7. The van der Waals surface area contributed by atoms with E-state index in [2.05, 4.69) is 29.8 Å². The molecule has 1 heterocycles. The van der Waals surface area contributed by atoms with Gasteiger partial charge in [-0.1, -0.05) is 13.8 Å². The van der Waals surface area contributed by atoms with Crippen molar-refractivity contribution in [2.45, 2.75) is 26.3 Å². The van der Waals surface area contributed by atoms with Gasteiger partial charge in [0.25, 0.3) is 0 Å². The first-order valence-corrected chi connectivity index (χ1v) is 5.87. The molecule has 2 N–H and O–H groups in total. The summed E-state index contributed by atoms with van der Waals surface area (Å²) in [4.78, 5) is 6.29. The van der Waals surface area contributed by atoms with Gasteiger partial charge in [0.1, 0.15) is 11.9 Å². The Labute approximate surface area is 103 Å². The van der Waals surface area contributed by atoms with Crippen LogP contribution in [0.3, 0.4) is 0 Å². The number of hydrogen-bond acceptors (Lipinski definition) is 4. The third-order valence-electron chi connectivity index (χ3n) is 2.92. The average Bonchev–Trinajstić information content (AvgIpc) is 2.35. The Bertz CT molecular complexity index is 377. The number of pyridine rings is 1. The number of nitrogens with two attached hydrogens (primary N) is 1. The van der Waals surface area contributed by atoms with E-state index in [-0.39, 0.29) is 6.04 Å². The van der Waals surface area contributed by atoms with E-state index in [9.17, 15) is 0 Å². The molecule has 0 spiro atoms. The lowest BCUT2D eigenvalue weighted by molar-refractivity contribution is 0.465. The van der Waals surface area contributed by atoms with E-state index in [1.165, 1.54) is 0 Å². The third-order valence-corrected chi connectivity index (χ3v) is 2.92. The molecule has 4 nitrogen and oxygen atoms in total. The molecular formula is C13H20N4. The number of hydrogen-bond donors (Lipinski definition) is 1. The maximum atomic E-state index is 8.68. The first-order valence-electron chi connectivity index (χ1n) is 5.87. The Morgan fingerprint density at radius 1 is 1.47 bits per heavy atom.